The minimum atomic E-state index is 0. The fourth-order valence-corrected chi connectivity index (χ4v) is 3.13. The maximum absolute atomic E-state index is 12.1. The van der Waals surface area contributed by atoms with E-state index in [1.807, 2.05) is 12.1 Å². The van der Waals surface area contributed by atoms with E-state index >= 15 is 0 Å². The van der Waals surface area contributed by atoms with Gasteiger partial charge in [-0.1, -0.05) is 28.4 Å². The second kappa shape index (κ2) is 8.01. The molecular formula is C15H22BrClN2O. The molecule has 1 amide bonds. The first-order valence-electron chi connectivity index (χ1n) is 6.84. The topological polar surface area (TPSA) is 55.1 Å². The van der Waals surface area contributed by atoms with Gasteiger partial charge in [-0.25, -0.2) is 0 Å². The first-order valence-corrected chi connectivity index (χ1v) is 7.64. The molecule has 112 valence electrons. The van der Waals surface area contributed by atoms with Crippen molar-refractivity contribution in [3.63, 3.8) is 0 Å². The Kier molecular flexibility index (Phi) is 7.00. The molecule has 0 aromatic heterocycles. The zero-order chi connectivity index (χ0) is 13.8. The van der Waals surface area contributed by atoms with Crippen LogP contribution in [0.1, 0.15) is 36.8 Å². The average Bonchev–Trinajstić information content (AvgIpc) is 2.37. The lowest BCUT2D eigenvalue weighted by atomic mass is 9.85. The molecule has 3 N–H and O–H groups in total. The molecule has 0 saturated heterocycles. The summed E-state index contributed by atoms with van der Waals surface area (Å²) >= 11 is 3.44. The lowest BCUT2D eigenvalue weighted by molar-refractivity contribution is -0.126. The SMILES string of the molecule is Cc1cc(Br)ccc1CNC(=O)C1CCCC(N)C1.Cl. The summed E-state index contributed by atoms with van der Waals surface area (Å²) in [5, 5.41) is 3.04. The molecule has 0 radical (unpaired) electrons. The predicted octanol–water partition coefficient (Wildman–Crippen LogP) is 3.31. The van der Waals surface area contributed by atoms with Crippen molar-refractivity contribution in [2.24, 2.45) is 11.7 Å². The highest BCUT2D eigenvalue weighted by Crippen LogP contribution is 2.23. The molecule has 20 heavy (non-hydrogen) atoms. The molecule has 1 aromatic carbocycles. The van der Waals surface area contributed by atoms with Crippen LogP contribution in [0.4, 0.5) is 0 Å². The lowest BCUT2D eigenvalue weighted by Gasteiger charge is -2.25. The number of nitrogens with two attached hydrogens (primary N) is 1. The van der Waals surface area contributed by atoms with Gasteiger partial charge in [-0.2, -0.15) is 0 Å². The van der Waals surface area contributed by atoms with Gasteiger partial charge in [-0.3, -0.25) is 4.79 Å². The largest absolute Gasteiger partial charge is 0.352 e. The van der Waals surface area contributed by atoms with Gasteiger partial charge in [0.1, 0.15) is 0 Å². The summed E-state index contributed by atoms with van der Waals surface area (Å²) in [6.45, 7) is 2.66. The Bertz CT molecular complexity index is 467. The number of rotatable bonds is 3. The van der Waals surface area contributed by atoms with Crippen molar-refractivity contribution in [3.05, 3.63) is 33.8 Å². The first-order chi connectivity index (χ1) is 9.06. The molecule has 2 atom stereocenters. The second-order valence-corrected chi connectivity index (χ2v) is 6.33. The Morgan fingerprint density at radius 3 is 2.85 bits per heavy atom. The summed E-state index contributed by atoms with van der Waals surface area (Å²) in [4.78, 5) is 12.1. The molecule has 1 saturated carbocycles. The number of aryl methyl sites for hydroxylation is 1. The predicted molar refractivity (Wildman–Crippen MR) is 87.9 cm³/mol. The number of halogens is 2. The normalized spacial score (nSPS) is 21.9. The molecule has 1 fully saturated rings. The number of nitrogens with one attached hydrogen (secondary N) is 1. The minimum Gasteiger partial charge on any atom is -0.352 e. The third-order valence-corrected chi connectivity index (χ3v) is 4.34. The molecule has 1 aromatic rings. The van der Waals surface area contributed by atoms with Gasteiger partial charge in [0.05, 0.1) is 0 Å². The Hall–Kier alpha value is -0.580. The van der Waals surface area contributed by atoms with E-state index in [1.165, 1.54) is 5.56 Å². The summed E-state index contributed by atoms with van der Waals surface area (Å²) in [6.07, 6.45) is 3.91. The summed E-state index contributed by atoms with van der Waals surface area (Å²) in [6, 6.07) is 6.31. The Morgan fingerprint density at radius 2 is 2.20 bits per heavy atom. The molecule has 0 heterocycles. The van der Waals surface area contributed by atoms with Crippen LogP contribution < -0.4 is 11.1 Å². The lowest BCUT2D eigenvalue weighted by Crippen LogP contribution is -2.37. The van der Waals surface area contributed by atoms with Gasteiger partial charge >= 0.3 is 0 Å². The highest BCUT2D eigenvalue weighted by atomic mass is 79.9. The third-order valence-electron chi connectivity index (χ3n) is 3.84. The summed E-state index contributed by atoms with van der Waals surface area (Å²) in [5.74, 6) is 0.247. The maximum Gasteiger partial charge on any atom is 0.223 e. The van der Waals surface area contributed by atoms with Crippen LogP contribution in [0.5, 0.6) is 0 Å². The molecule has 0 spiro atoms. The zero-order valence-electron chi connectivity index (χ0n) is 11.7. The van der Waals surface area contributed by atoms with E-state index in [2.05, 4.69) is 34.2 Å². The van der Waals surface area contributed by atoms with Crippen LogP contribution in [0.15, 0.2) is 22.7 Å². The average molecular weight is 362 g/mol. The van der Waals surface area contributed by atoms with Crippen LogP contribution >= 0.6 is 28.3 Å². The molecule has 0 bridgehead atoms. The third kappa shape index (κ3) is 4.76. The number of hydrogen-bond donors (Lipinski definition) is 2. The summed E-state index contributed by atoms with van der Waals surface area (Å²) in [7, 11) is 0. The highest BCUT2D eigenvalue weighted by molar-refractivity contribution is 9.10. The fraction of sp³-hybridized carbons (Fsp3) is 0.533. The van der Waals surface area contributed by atoms with Crippen molar-refractivity contribution in [1.82, 2.24) is 5.32 Å². The number of carbonyl (C=O) groups excluding carboxylic acids is 1. The number of amides is 1. The Morgan fingerprint density at radius 1 is 1.45 bits per heavy atom. The van der Waals surface area contributed by atoms with Gasteiger partial charge in [0, 0.05) is 23.0 Å². The Labute approximate surface area is 135 Å². The highest BCUT2D eigenvalue weighted by Gasteiger charge is 2.24. The summed E-state index contributed by atoms with van der Waals surface area (Å²) < 4.78 is 1.07. The monoisotopic (exact) mass is 360 g/mol. The van der Waals surface area contributed by atoms with E-state index in [0.717, 1.165) is 35.7 Å². The van der Waals surface area contributed by atoms with Crippen LogP contribution in [0.3, 0.4) is 0 Å². The van der Waals surface area contributed by atoms with Gasteiger partial charge in [-0.15, -0.1) is 12.4 Å². The molecular weight excluding hydrogens is 340 g/mol. The van der Waals surface area contributed by atoms with E-state index in [9.17, 15) is 4.79 Å². The van der Waals surface area contributed by atoms with E-state index in [1.54, 1.807) is 0 Å². The molecule has 2 unspecified atom stereocenters. The Balaban J connectivity index is 0.00000200. The van der Waals surface area contributed by atoms with Crippen molar-refractivity contribution >= 4 is 34.2 Å². The van der Waals surface area contributed by atoms with E-state index in [0.29, 0.717) is 6.54 Å². The number of benzene rings is 1. The molecule has 1 aliphatic carbocycles. The summed E-state index contributed by atoms with van der Waals surface area (Å²) in [5.41, 5.74) is 8.28. The number of carbonyl (C=O) groups is 1. The van der Waals surface area contributed by atoms with Crippen LogP contribution in [0, 0.1) is 12.8 Å². The second-order valence-electron chi connectivity index (χ2n) is 5.41. The van der Waals surface area contributed by atoms with Crippen molar-refractivity contribution < 1.29 is 4.79 Å². The van der Waals surface area contributed by atoms with Gasteiger partial charge in [0.2, 0.25) is 5.91 Å². The molecule has 0 aliphatic heterocycles. The van der Waals surface area contributed by atoms with Gasteiger partial charge in [-0.05, 0) is 49.4 Å². The van der Waals surface area contributed by atoms with Crippen LogP contribution in [-0.4, -0.2) is 11.9 Å². The van der Waals surface area contributed by atoms with E-state index < -0.39 is 0 Å². The van der Waals surface area contributed by atoms with Crippen molar-refractivity contribution in [2.75, 3.05) is 0 Å². The van der Waals surface area contributed by atoms with Crippen molar-refractivity contribution in [3.8, 4) is 0 Å². The standard InChI is InChI=1S/C15H21BrN2O.ClH/c1-10-7-13(16)6-5-12(10)9-18-15(19)11-3-2-4-14(17)8-11;/h5-7,11,14H,2-4,8-9,17H2,1H3,(H,18,19);1H. The van der Waals surface area contributed by atoms with E-state index in [4.69, 9.17) is 5.73 Å². The van der Waals surface area contributed by atoms with Crippen molar-refractivity contribution in [1.29, 1.82) is 0 Å². The quantitative estimate of drug-likeness (QED) is 0.868. The van der Waals surface area contributed by atoms with E-state index in [-0.39, 0.29) is 30.3 Å². The van der Waals surface area contributed by atoms with Crippen molar-refractivity contribution in [2.45, 2.75) is 45.2 Å². The van der Waals surface area contributed by atoms with Crippen LogP contribution in [0.2, 0.25) is 0 Å². The zero-order valence-corrected chi connectivity index (χ0v) is 14.1. The molecule has 3 nitrogen and oxygen atoms in total. The maximum atomic E-state index is 12.1. The van der Waals surface area contributed by atoms with Gasteiger partial charge in [0.15, 0.2) is 0 Å². The van der Waals surface area contributed by atoms with Crippen LogP contribution in [-0.2, 0) is 11.3 Å². The van der Waals surface area contributed by atoms with Gasteiger partial charge in [0.25, 0.3) is 0 Å². The van der Waals surface area contributed by atoms with Gasteiger partial charge < -0.3 is 11.1 Å². The molecule has 5 heteroatoms. The smallest absolute Gasteiger partial charge is 0.223 e. The molecule has 2 rings (SSSR count). The fourth-order valence-electron chi connectivity index (χ4n) is 2.65. The van der Waals surface area contributed by atoms with Crippen LogP contribution in [0.25, 0.3) is 0 Å². The minimum absolute atomic E-state index is 0. The molecule has 1 aliphatic rings. The number of hydrogen-bond acceptors (Lipinski definition) is 2. The first kappa shape index (κ1) is 17.5.